The van der Waals surface area contributed by atoms with Crippen molar-refractivity contribution in [2.75, 3.05) is 6.61 Å². The number of ether oxygens (including phenoxy) is 1. The van der Waals surface area contributed by atoms with Crippen LogP contribution in [-0.4, -0.2) is 6.61 Å². The fraction of sp³-hybridized carbons (Fsp3) is 0.571. The fourth-order valence-corrected chi connectivity index (χ4v) is 5.75. The van der Waals surface area contributed by atoms with Gasteiger partial charge in [0.2, 0.25) is 0 Å². The molecule has 0 spiro atoms. The van der Waals surface area contributed by atoms with Crippen molar-refractivity contribution in [1.82, 2.24) is 0 Å². The second-order valence-corrected chi connectivity index (χ2v) is 13.0. The molecule has 0 radical (unpaired) electrons. The molecule has 5 heteroatoms. The molecule has 0 saturated carbocycles. The normalized spacial score (nSPS) is 11.6. The molecular formula is C42H62N4O. The Kier molecular flexibility index (Phi) is 20.9. The number of azo groups is 2. The molecule has 0 aliphatic rings. The zero-order valence-corrected chi connectivity index (χ0v) is 29.7. The van der Waals surface area contributed by atoms with Crippen molar-refractivity contribution in [2.45, 2.75) is 149 Å². The summed E-state index contributed by atoms with van der Waals surface area (Å²) in [6.07, 6.45) is 28.2. The highest BCUT2D eigenvalue weighted by Gasteiger charge is 1.99. The average Bonchev–Trinajstić information content (AvgIpc) is 3.11. The van der Waals surface area contributed by atoms with Gasteiger partial charge in [0.15, 0.2) is 0 Å². The predicted octanol–water partition coefficient (Wildman–Crippen LogP) is 15.3. The van der Waals surface area contributed by atoms with Gasteiger partial charge in [0.1, 0.15) is 5.75 Å². The lowest BCUT2D eigenvalue weighted by atomic mass is 10.0. The van der Waals surface area contributed by atoms with Gasteiger partial charge >= 0.3 is 0 Å². The van der Waals surface area contributed by atoms with E-state index in [4.69, 9.17) is 4.74 Å². The number of benzene rings is 3. The molecule has 0 amide bonds. The van der Waals surface area contributed by atoms with Crippen molar-refractivity contribution in [3.8, 4) is 5.75 Å². The van der Waals surface area contributed by atoms with Gasteiger partial charge in [-0.2, -0.15) is 20.5 Å². The van der Waals surface area contributed by atoms with E-state index in [1.807, 2.05) is 48.5 Å². The lowest BCUT2D eigenvalue weighted by molar-refractivity contribution is 0.304. The minimum atomic E-state index is 0.771. The van der Waals surface area contributed by atoms with E-state index >= 15 is 0 Å². The van der Waals surface area contributed by atoms with E-state index in [1.165, 1.54) is 128 Å². The van der Waals surface area contributed by atoms with Crippen LogP contribution in [0.2, 0.25) is 0 Å². The third-order valence-electron chi connectivity index (χ3n) is 8.77. The van der Waals surface area contributed by atoms with Crippen molar-refractivity contribution < 1.29 is 4.74 Å². The van der Waals surface area contributed by atoms with Gasteiger partial charge in [-0.15, -0.1) is 0 Å². The first-order chi connectivity index (χ1) is 23.3. The first-order valence-electron chi connectivity index (χ1n) is 19.0. The standard InChI is InChI=1S/C42H62N4O/c1-3-5-7-9-11-12-13-14-15-16-17-18-20-22-36-47-42-34-32-41(33-35-42)46-45-40-30-28-39(29-31-40)44-43-38-26-24-37(25-27-38)23-21-19-10-8-6-4-2/h24-35H,3-23,36H2,1-2H3. The van der Waals surface area contributed by atoms with E-state index in [2.05, 4.69) is 58.6 Å². The molecule has 3 aromatic carbocycles. The Hall–Kier alpha value is -3.34. The molecule has 0 fully saturated rings. The molecule has 5 nitrogen and oxygen atoms in total. The third-order valence-corrected chi connectivity index (χ3v) is 8.77. The molecule has 0 bridgehead atoms. The van der Waals surface area contributed by atoms with Crippen LogP contribution in [-0.2, 0) is 6.42 Å². The second kappa shape index (κ2) is 25.7. The van der Waals surface area contributed by atoms with Crippen LogP contribution in [0, 0.1) is 0 Å². The lowest BCUT2D eigenvalue weighted by Crippen LogP contribution is -1.96. The Labute approximate surface area is 286 Å². The van der Waals surface area contributed by atoms with E-state index in [-0.39, 0.29) is 0 Å². The van der Waals surface area contributed by atoms with Crippen LogP contribution in [0.15, 0.2) is 93.3 Å². The van der Waals surface area contributed by atoms with Crippen molar-refractivity contribution in [1.29, 1.82) is 0 Å². The van der Waals surface area contributed by atoms with Gasteiger partial charge in [-0.25, -0.2) is 0 Å². The van der Waals surface area contributed by atoms with Crippen molar-refractivity contribution in [2.24, 2.45) is 20.5 Å². The van der Waals surface area contributed by atoms with Gasteiger partial charge in [0.25, 0.3) is 0 Å². The van der Waals surface area contributed by atoms with Gasteiger partial charge in [-0.1, -0.05) is 142 Å². The Morgan fingerprint density at radius 1 is 0.362 bits per heavy atom. The Morgan fingerprint density at radius 3 is 1.09 bits per heavy atom. The highest BCUT2D eigenvalue weighted by atomic mass is 16.5. The van der Waals surface area contributed by atoms with Crippen molar-refractivity contribution in [3.05, 3.63) is 78.4 Å². The molecule has 0 unspecified atom stereocenters. The summed E-state index contributed by atoms with van der Waals surface area (Å²) in [5.74, 6) is 0.890. The quantitative estimate of drug-likeness (QED) is 0.0605. The van der Waals surface area contributed by atoms with Gasteiger partial charge in [0.05, 0.1) is 29.4 Å². The number of rotatable bonds is 27. The lowest BCUT2D eigenvalue weighted by Gasteiger charge is -2.06. The summed E-state index contributed by atoms with van der Waals surface area (Å²) in [6.45, 7) is 5.32. The first-order valence-corrected chi connectivity index (χ1v) is 19.0. The minimum absolute atomic E-state index is 0.771. The van der Waals surface area contributed by atoms with Crippen LogP contribution in [0.3, 0.4) is 0 Å². The molecular weight excluding hydrogens is 576 g/mol. The number of hydrogen-bond acceptors (Lipinski definition) is 5. The zero-order valence-electron chi connectivity index (χ0n) is 29.7. The van der Waals surface area contributed by atoms with Crippen molar-refractivity contribution in [3.63, 3.8) is 0 Å². The highest BCUT2D eigenvalue weighted by molar-refractivity contribution is 5.48. The summed E-state index contributed by atoms with van der Waals surface area (Å²) in [4.78, 5) is 0. The largest absolute Gasteiger partial charge is 0.494 e. The Morgan fingerprint density at radius 2 is 0.681 bits per heavy atom. The fourth-order valence-electron chi connectivity index (χ4n) is 5.75. The maximum atomic E-state index is 5.94. The van der Waals surface area contributed by atoms with Crippen LogP contribution in [0.4, 0.5) is 22.7 Å². The molecule has 0 atom stereocenters. The van der Waals surface area contributed by atoms with E-state index in [0.29, 0.717) is 0 Å². The van der Waals surface area contributed by atoms with E-state index in [9.17, 15) is 0 Å². The van der Waals surface area contributed by atoms with Crippen LogP contribution in [0.5, 0.6) is 5.75 Å². The maximum Gasteiger partial charge on any atom is 0.119 e. The summed E-state index contributed by atoms with van der Waals surface area (Å²) in [6, 6.07) is 23.9. The number of unbranched alkanes of at least 4 members (excludes halogenated alkanes) is 18. The molecule has 0 aliphatic carbocycles. The molecule has 3 rings (SSSR count). The van der Waals surface area contributed by atoms with Crippen LogP contribution in [0.1, 0.15) is 148 Å². The predicted molar refractivity (Wildman–Crippen MR) is 201 cm³/mol. The molecule has 0 heterocycles. The Bertz CT molecular complexity index is 1220. The molecule has 0 aromatic heterocycles. The summed E-state index contributed by atoms with van der Waals surface area (Å²) in [5, 5.41) is 17.5. The van der Waals surface area contributed by atoms with Gasteiger partial charge in [-0.05, 0) is 85.5 Å². The SMILES string of the molecule is CCCCCCCCCCCCCCCCOc1ccc(N=Nc2ccc(N=Nc3ccc(CCCCCCCC)cc3)cc2)cc1. The smallest absolute Gasteiger partial charge is 0.119 e. The van der Waals surface area contributed by atoms with Crippen LogP contribution in [0.25, 0.3) is 0 Å². The van der Waals surface area contributed by atoms with E-state index < -0.39 is 0 Å². The number of hydrogen-bond donors (Lipinski definition) is 0. The molecule has 0 saturated heterocycles. The molecule has 0 N–H and O–H groups in total. The summed E-state index contributed by atoms with van der Waals surface area (Å²) in [7, 11) is 0. The molecule has 47 heavy (non-hydrogen) atoms. The summed E-state index contributed by atoms with van der Waals surface area (Å²) >= 11 is 0. The zero-order chi connectivity index (χ0) is 33.0. The first kappa shape index (κ1) is 38.1. The number of nitrogens with zero attached hydrogens (tertiary/aromatic N) is 4. The van der Waals surface area contributed by atoms with Crippen LogP contribution < -0.4 is 4.74 Å². The molecule has 256 valence electrons. The minimum Gasteiger partial charge on any atom is -0.494 e. The average molecular weight is 639 g/mol. The highest BCUT2D eigenvalue weighted by Crippen LogP contribution is 2.25. The van der Waals surface area contributed by atoms with Gasteiger partial charge in [-0.3, -0.25) is 0 Å². The number of aryl methyl sites for hydroxylation is 1. The molecule has 3 aromatic rings. The Balaban J connectivity index is 1.24. The topological polar surface area (TPSA) is 58.7 Å². The van der Waals surface area contributed by atoms with E-state index in [1.54, 1.807) is 0 Å². The summed E-state index contributed by atoms with van der Waals surface area (Å²) < 4.78 is 5.94. The summed E-state index contributed by atoms with van der Waals surface area (Å²) in [5.41, 5.74) is 4.61. The maximum absolute atomic E-state index is 5.94. The van der Waals surface area contributed by atoms with Gasteiger partial charge < -0.3 is 4.74 Å². The van der Waals surface area contributed by atoms with Gasteiger partial charge in [0, 0.05) is 0 Å². The monoisotopic (exact) mass is 638 g/mol. The van der Waals surface area contributed by atoms with Crippen LogP contribution >= 0.6 is 0 Å². The third kappa shape index (κ3) is 18.6. The van der Waals surface area contributed by atoms with Crippen molar-refractivity contribution >= 4 is 22.7 Å². The second-order valence-electron chi connectivity index (χ2n) is 13.0. The molecule has 0 aliphatic heterocycles. The van der Waals surface area contributed by atoms with E-state index in [0.717, 1.165) is 47.9 Å².